The molecule has 0 spiro atoms. The highest BCUT2D eigenvalue weighted by atomic mass is 15.1. The van der Waals surface area contributed by atoms with Crippen molar-refractivity contribution in [3.63, 3.8) is 0 Å². The zero-order valence-electron chi connectivity index (χ0n) is 11.7. The van der Waals surface area contributed by atoms with Crippen LogP contribution in [0.5, 0.6) is 0 Å². The van der Waals surface area contributed by atoms with Gasteiger partial charge < -0.3 is 10.3 Å². The molecule has 0 atom stereocenters. The highest BCUT2D eigenvalue weighted by Gasteiger charge is 2.05. The Labute approximate surface area is 115 Å². The van der Waals surface area contributed by atoms with Gasteiger partial charge in [-0.3, -0.25) is 0 Å². The van der Waals surface area contributed by atoms with Crippen LogP contribution in [0.15, 0.2) is 36.7 Å². The van der Waals surface area contributed by atoms with Gasteiger partial charge in [-0.1, -0.05) is 44.7 Å². The Morgan fingerprint density at radius 2 is 2.00 bits per heavy atom. The average molecular weight is 257 g/mol. The molecular formula is C16H23N3. The van der Waals surface area contributed by atoms with E-state index in [1.807, 2.05) is 24.4 Å². The predicted octanol–water partition coefficient (Wildman–Crippen LogP) is 4.10. The Balaban J connectivity index is 1.98. The summed E-state index contributed by atoms with van der Waals surface area (Å²) in [6, 6.07) is 7.93. The minimum atomic E-state index is 0.787. The van der Waals surface area contributed by atoms with E-state index >= 15 is 0 Å². The fourth-order valence-electron chi connectivity index (χ4n) is 2.31. The third kappa shape index (κ3) is 3.85. The second-order valence-electron chi connectivity index (χ2n) is 4.98. The fourth-order valence-corrected chi connectivity index (χ4v) is 2.31. The number of aromatic nitrogens is 2. The fraction of sp³-hybridized carbons (Fsp3) is 0.438. The first kappa shape index (κ1) is 13.7. The number of aryl methyl sites for hydroxylation is 1. The van der Waals surface area contributed by atoms with Gasteiger partial charge in [-0.2, -0.15) is 0 Å². The van der Waals surface area contributed by atoms with Crippen LogP contribution in [0, 0.1) is 0 Å². The van der Waals surface area contributed by atoms with E-state index in [2.05, 4.69) is 28.7 Å². The smallest absolute Gasteiger partial charge is 0.139 e. The van der Waals surface area contributed by atoms with Gasteiger partial charge in [0, 0.05) is 30.2 Å². The number of hydrogen-bond acceptors (Lipinski definition) is 2. The van der Waals surface area contributed by atoms with Gasteiger partial charge in [-0.25, -0.2) is 4.98 Å². The van der Waals surface area contributed by atoms with Crippen LogP contribution in [0.4, 0.5) is 5.69 Å². The van der Waals surface area contributed by atoms with E-state index in [1.165, 1.54) is 32.1 Å². The molecule has 0 aliphatic heterocycles. The highest BCUT2D eigenvalue weighted by Crippen LogP contribution is 2.20. The summed E-state index contributed by atoms with van der Waals surface area (Å²) in [6.07, 6.45) is 10.4. The van der Waals surface area contributed by atoms with E-state index in [4.69, 9.17) is 5.73 Å². The van der Waals surface area contributed by atoms with Crippen LogP contribution in [0.25, 0.3) is 11.4 Å². The van der Waals surface area contributed by atoms with Crippen molar-refractivity contribution in [2.24, 2.45) is 0 Å². The van der Waals surface area contributed by atoms with E-state index in [0.29, 0.717) is 0 Å². The molecule has 1 aromatic heterocycles. The van der Waals surface area contributed by atoms with E-state index in [1.54, 1.807) is 0 Å². The van der Waals surface area contributed by atoms with E-state index in [0.717, 1.165) is 23.6 Å². The van der Waals surface area contributed by atoms with Crippen LogP contribution in [0.2, 0.25) is 0 Å². The summed E-state index contributed by atoms with van der Waals surface area (Å²) in [4.78, 5) is 4.45. The molecule has 0 fully saturated rings. The number of hydrogen-bond donors (Lipinski definition) is 1. The molecule has 0 aliphatic carbocycles. The van der Waals surface area contributed by atoms with Gasteiger partial charge in [0.1, 0.15) is 5.82 Å². The standard InChI is InChI=1S/C16H23N3/c1-2-3-4-5-6-11-19-12-10-18-16(19)14-8-7-9-15(17)13-14/h7-10,12-13H,2-6,11,17H2,1H3. The lowest BCUT2D eigenvalue weighted by molar-refractivity contribution is 0.571. The number of nitrogens with two attached hydrogens (primary N) is 1. The molecular weight excluding hydrogens is 234 g/mol. The first-order chi connectivity index (χ1) is 9.31. The summed E-state index contributed by atoms with van der Waals surface area (Å²) in [6.45, 7) is 3.28. The third-order valence-corrected chi connectivity index (χ3v) is 3.36. The maximum atomic E-state index is 5.83. The number of nitrogens with zero attached hydrogens (tertiary/aromatic N) is 2. The number of rotatable bonds is 7. The summed E-state index contributed by atoms with van der Waals surface area (Å²) in [7, 11) is 0. The molecule has 0 saturated heterocycles. The summed E-state index contributed by atoms with van der Waals surface area (Å²) < 4.78 is 2.22. The lowest BCUT2D eigenvalue weighted by atomic mass is 10.1. The molecule has 2 rings (SSSR count). The van der Waals surface area contributed by atoms with Gasteiger partial charge in [-0.05, 0) is 18.6 Å². The van der Waals surface area contributed by atoms with Crippen molar-refractivity contribution in [1.29, 1.82) is 0 Å². The summed E-state index contributed by atoms with van der Waals surface area (Å²) in [5, 5.41) is 0. The summed E-state index contributed by atoms with van der Waals surface area (Å²) in [5.41, 5.74) is 7.72. The van der Waals surface area contributed by atoms with Crippen LogP contribution in [0.3, 0.4) is 0 Å². The van der Waals surface area contributed by atoms with Crippen LogP contribution in [-0.2, 0) is 6.54 Å². The van der Waals surface area contributed by atoms with Crippen molar-refractivity contribution in [3.05, 3.63) is 36.7 Å². The maximum absolute atomic E-state index is 5.83. The summed E-state index contributed by atoms with van der Waals surface area (Å²) >= 11 is 0. The first-order valence-corrected chi connectivity index (χ1v) is 7.18. The van der Waals surface area contributed by atoms with Crippen molar-refractivity contribution in [2.45, 2.75) is 45.6 Å². The quantitative estimate of drug-likeness (QED) is 0.599. The number of benzene rings is 1. The minimum absolute atomic E-state index is 0.787. The van der Waals surface area contributed by atoms with Crippen molar-refractivity contribution in [1.82, 2.24) is 9.55 Å². The molecule has 19 heavy (non-hydrogen) atoms. The maximum Gasteiger partial charge on any atom is 0.139 e. The average Bonchev–Trinajstić information content (AvgIpc) is 2.87. The topological polar surface area (TPSA) is 43.8 Å². The van der Waals surface area contributed by atoms with Crippen LogP contribution < -0.4 is 5.73 Å². The molecule has 3 nitrogen and oxygen atoms in total. The van der Waals surface area contributed by atoms with Crippen LogP contribution in [0.1, 0.15) is 39.0 Å². The van der Waals surface area contributed by atoms with Crippen molar-refractivity contribution in [2.75, 3.05) is 5.73 Å². The van der Waals surface area contributed by atoms with Crippen LogP contribution in [-0.4, -0.2) is 9.55 Å². The Kier molecular flexibility index (Phi) is 5.01. The molecule has 2 aromatic rings. The van der Waals surface area contributed by atoms with Crippen molar-refractivity contribution < 1.29 is 0 Å². The Bertz CT molecular complexity index is 502. The molecule has 0 saturated carbocycles. The molecule has 102 valence electrons. The normalized spacial score (nSPS) is 10.8. The van der Waals surface area contributed by atoms with Crippen molar-refractivity contribution >= 4 is 5.69 Å². The molecule has 1 aromatic carbocycles. The van der Waals surface area contributed by atoms with Gasteiger partial charge in [0.15, 0.2) is 0 Å². The van der Waals surface area contributed by atoms with E-state index in [9.17, 15) is 0 Å². The lowest BCUT2D eigenvalue weighted by Gasteiger charge is -2.08. The van der Waals surface area contributed by atoms with Gasteiger partial charge >= 0.3 is 0 Å². The molecule has 0 radical (unpaired) electrons. The Morgan fingerprint density at radius 3 is 2.79 bits per heavy atom. The highest BCUT2D eigenvalue weighted by molar-refractivity contribution is 5.61. The zero-order chi connectivity index (χ0) is 13.5. The second kappa shape index (κ2) is 6.98. The summed E-state index contributed by atoms with van der Waals surface area (Å²) in [5.74, 6) is 1.02. The van der Waals surface area contributed by atoms with Crippen LogP contribution >= 0.6 is 0 Å². The van der Waals surface area contributed by atoms with Crippen molar-refractivity contribution in [3.8, 4) is 11.4 Å². The predicted molar refractivity (Wildman–Crippen MR) is 80.8 cm³/mol. The number of nitrogen functional groups attached to an aromatic ring is 1. The monoisotopic (exact) mass is 257 g/mol. The molecule has 3 heteroatoms. The number of imidazole rings is 1. The largest absolute Gasteiger partial charge is 0.399 e. The molecule has 0 bridgehead atoms. The lowest BCUT2D eigenvalue weighted by Crippen LogP contribution is -2.00. The SMILES string of the molecule is CCCCCCCn1ccnc1-c1cccc(N)c1. The van der Waals surface area contributed by atoms with Gasteiger partial charge in [0.25, 0.3) is 0 Å². The molecule has 2 N–H and O–H groups in total. The van der Waals surface area contributed by atoms with E-state index < -0.39 is 0 Å². The number of anilines is 1. The van der Waals surface area contributed by atoms with Gasteiger partial charge in [0.2, 0.25) is 0 Å². The zero-order valence-corrected chi connectivity index (χ0v) is 11.7. The third-order valence-electron chi connectivity index (χ3n) is 3.36. The second-order valence-corrected chi connectivity index (χ2v) is 4.98. The molecule has 0 unspecified atom stereocenters. The Morgan fingerprint density at radius 1 is 1.16 bits per heavy atom. The number of unbranched alkanes of at least 4 members (excludes halogenated alkanes) is 4. The molecule has 1 heterocycles. The van der Waals surface area contributed by atoms with Gasteiger partial charge in [0.05, 0.1) is 0 Å². The minimum Gasteiger partial charge on any atom is -0.399 e. The molecule has 0 aliphatic rings. The molecule has 0 amide bonds. The first-order valence-electron chi connectivity index (χ1n) is 7.18. The van der Waals surface area contributed by atoms with E-state index in [-0.39, 0.29) is 0 Å². The van der Waals surface area contributed by atoms with Gasteiger partial charge in [-0.15, -0.1) is 0 Å². The Hall–Kier alpha value is -1.77.